The van der Waals surface area contributed by atoms with Crippen LogP contribution in [0.4, 0.5) is 0 Å². The number of pyridine rings is 1. The van der Waals surface area contributed by atoms with Crippen molar-refractivity contribution in [3.8, 4) is 0 Å². The average Bonchev–Trinajstić information content (AvgIpc) is 3.14. The van der Waals surface area contributed by atoms with Gasteiger partial charge in [0.05, 0.1) is 35.4 Å². The third-order valence-corrected chi connectivity index (χ3v) is 5.45. The number of nitrogens with two attached hydrogens (primary N) is 1. The van der Waals surface area contributed by atoms with Crippen molar-refractivity contribution in [3.05, 3.63) is 65.0 Å². The Morgan fingerprint density at radius 1 is 1.06 bits per heavy atom. The van der Waals surface area contributed by atoms with Gasteiger partial charge in [0, 0.05) is 22.8 Å². The van der Waals surface area contributed by atoms with Gasteiger partial charge in [0.1, 0.15) is 5.65 Å². The van der Waals surface area contributed by atoms with Crippen LogP contribution in [-0.2, 0) is 14.3 Å². The molecule has 2 heterocycles. The van der Waals surface area contributed by atoms with Crippen molar-refractivity contribution in [1.82, 2.24) is 9.38 Å². The monoisotopic (exact) mass is 431 g/mol. The lowest BCUT2D eigenvalue weighted by Gasteiger charge is -2.16. The van der Waals surface area contributed by atoms with Gasteiger partial charge in [-0.1, -0.05) is 24.3 Å². The number of hydrogen-bond acceptors (Lipinski definition) is 6. The van der Waals surface area contributed by atoms with E-state index in [1.54, 1.807) is 32.9 Å². The van der Waals surface area contributed by atoms with E-state index in [-0.39, 0.29) is 18.8 Å². The lowest BCUT2D eigenvalue weighted by Crippen LogP contribution is -2.13. The Balaban J connectivity index is 2.24. The van der Waals surface area contributed by atoms with Crippen LogP contribution in [0.5, 0.6) is 0 Å². The van der Waals surface area contributed by atoms with Gasteiger partial charge in [0.25, 0.3) is 0 Å². The molecule has 32 heavy (non-hydrogen) atoms. The molecule has 0 saturated heterocycles. The smallest absolute Gasteiger partial charge is 0.340 e. The van der Waals surface area contributed by atoms with E-state index in [4.69, 9.17) is 20.2 Å². The molecule has 0 spiro atoms. The Kier molecular flexibility index (Phi) is 5.57. The van der Waals surface area contributed by atoms with Gasteiger partial charge in [-0.2, -0.15) is 0 Å². The van der Waals surface area contributed by atoms with Crippen LogP contribution in [0.3, 0.4) is 0 Å². The number of allylic oxidation sites excluding steroid dienone is 1. The van der Waals surface area contributed by atoms with Crippen LogP contribution in [0.1, 0.15) is 42.3 Å². The van der Waals surface area contributed by atoms with Crippen LogP contribution in [0.15, 0.2) is 48.3 Å². The number of rotatable bonds is 5. The van der Waals surface area contributed by atoms with Crippen LogP contribution in [0, 0.1) is 6.92 Å². The van der Waals surface area contributed by atoms with Crippen molar-refractivity contribution >= 4 is 45.0 Å². The number of esters is 2. The largest absolute Gasteiger partial charge is 0.462 e. The number of carbonyl (C=O) groups is 2. The number of carbonyl (C=O) groups excluding carboxylic acids is 2. The van der Waals surface area contributed by atoms with Crippen molar-refractivity contribution in [1.29, 1.82) is 0 Å². The summed E-state index contributed by atoms with van der Waals surface area (Å²) in [6, 6.07) is 11.1. The molecular weight excluding hydrogens is 406 g/mol. The second-order valence-corrected chi connectivity index (χ2v) is 7.46. The minimum Gasteiger partial charge on any atom is -0.462 e. The molecule has 0 amide bonds. The zero-order valence-electron chi connectivity index (χ0n) is 18.6. The van der Waals surface area contributed by atoms with Gasteiger partial charge >= 0.3 is 11.9 Å². The highest BCUT2D eigenvalue weighted by Gasteiger charge is 2.26. The third-order valence-electron chi connectivity index (χ3n) is 5.45. The number of fused-ring (bicyclic) bond motifs is 5. The number of imidazole rings is 1. The molecule has 0 aliphatic heterocycles. The molecule has 2 N–H and O–H groups in total. The molecule has 0 aliphatic carbocycles. The molecule has 164 valence electrons. The topological polar surface area (TPSA) is 95.9 Å². The standard InChI is InChI=1S/C25H25N3O4/c1-5-31-24(29)19-14(3)23-22(27-18-12-7-8-13-28(18)23)21-16(19)10-9-11-17(21)20(15(4)26)25(30)32-6-2/h7-13H,5-6,26H2,1-4H3/b20-15-. The van der Waals surface area contributed by atoms with Crippen LogP contribution < -0.4 is 5.73 Å². The van der Waals surface area contributed by atoms with E-state index in [2.05, 4.69) is 0 Å². The predicted octanol–water partition coefficient (Wildman–Crippen LogP) is 4.38. The van der Waals surface area contributed by atoms with E-state index in [1.807, 2.05) is 41.8 Å². The second-order valence-electron chi connectivity index (χ2n) is 7.46. The summed E-state index contributed by atoms with van der Waals surface area (Å²) < 4.78 is 12.6. The summed E-state index contributed by atoms with van der Waals surface area (Å²) in [7, 11) is 0. The van der Waals surface area contributed by atoms with E-state index in [0.717, 1.165) is 16.7 Å². The number of aromatic nitrogens is 2. The number of benzene rings is 2. The van der Waals surface area contributed by atoms with Gasteiger partial charge < -0.3 is 15.2 Å². The van der Waals surface area contributed by atoms with Crippen LogP contribution in [0.2, 0.25) is 0 Å². The summed E-state index contributed by atoms with van der Waals surface area (Å²) >= 11 is 0. The molecule has 4 aromatic rings. The summed E-state index contributed by atoms with van der Waals surface area (Å²) in [6.45, 7) is 7.53. The predicted molar refractivity (Wildman–Crippen MR) is 124 cm³/mol. The maximum Gasteiger partial charge on any atom is 0.340 e. The van der Waals surface area contributed by atoms with Crippen molar-refractivity contribution in [3.63, 3.8) is 0 Å². The van der Waals surface area contributed by atoms with Gasteiger partial charge in [-0.25, -0.2) is 14.6 Å². The van der Waals surface area contributed by atoms with Crippen molar-refractivity contribution in [2.45, 2.75) is 27.7 Å². The number of nitrogens with zero attached hydrogens (tertiary/aromatic N) is 2. The lowest BCUT2D eigenvalue weighted by atomic mass is 9.91. The highest BCUT2D eigenvalue weighted by Crippen LogP contribution is 2.38. The molecule has 4 rings (SSSR count). The van der Waals surface area contributed by atoms with E-state index < -0.39 is 11.9 Å². The molecule has 2 aromatic heterocycles. The maximum atomic E-state index is 13.1. The van der Waals surface area contributed by atoms with Crippen molar-refractivity contribution < 1.29 is 19.1 Å². The molecule has 0 saturated carbocycles. The lowest BCUT2D eigenvalue weighted by molar-refractivity contribution is -0.136. The first-order valence-electron chi connectivity index (χ1n) is 10.5. The third kappa shape index (κ3) is 3.26. The SMILES string of the molecule is CCOC(=O)/C(=C(/C)N)c1cccc2c(C(=O)OCC)c(C)c3c(nc4ccccn43)c12. The van der Waals surface area contributed by atoms with Crippen molar-refractivity contribution in [2.24, 2.45) is 5.73 Å². The Morgan fingerprint density at radius 2 is 1.81 bits per heavy atom. The molecule has 0 unspecified atom stereocenters. The molecule has 7 nitrogen and oxygen atoms in total. The first-order chi connectivity index (χ1) is 15.4. The van der Waals surface area contributed by atoms with Gasteiger partial charge in [0.2, 0.25) is 0 Å². The normalized spacial score (nSPS) is 12.2. The van der Waals surface area contributed by atoms with Gasteiger partial charge in [-0.05, 0) is 50.8 Å². The summed E-state index contributed by atoms with van der Waals surface area (Å²) in [4.78, 5) is 30.8. The fraction of sp³-hybridized carbons (Fsp3) is 0.240. The first-order valence-corrected chi connectivity index (χ1v) is 10.5. The number of aryl methyl sites for hydroxylation is 1. The van der Waals surface area contributed by atoms with Gasteiger partial charge in [-0.3, -0.25) is 4.40 Å². The second kappa shape index (κ2) is 8.34. The molecule has 0 aliphatic rings. The minimum atomic E-state index is -0.518. The van der Waals surface area contributed by atoms with Crippen LogP contribution in [-0.4, -0.2) is 34.5 Å². The Hall–Kier alpha value is -3.87. The zero-order chi connectivity index (χ0) is 23.0. The first kappa shape index (κ1) is 21.4. The van der Waals surface area contributed by atoms with Crippen LogP contribution >= 0.6 is 0 Å². The highest BCUT2D eigenvalue weighted by molar-refractivity contribution is 6.26. The summed E-state index contributed by atoms with van der Waals surface area (Å²) in [6.07, 6.45) is 1.90. The highest BCUT2D eigenvalue weighted by atomic mass is 16.5. The fourth-order valence-electron chi connectivity index (χ4n) is 4.23. The van der Waals surface area contributed by atoms with E-state index >= 15 is 0 Å². The van der Waals surface area contributed by atoms with E-state index in [0.29, 0.717) is 33.1 Å². The average molecular weight is 431 g/mol. The molecule has 0 radical (unpaired) electrons. The molecule has 0 atom stereocenters. The van der Waals surface area contributed by atoms with E-state index in [1.165, 1.54) is 0 Å². The Bertz CT molecular complexity index is 1410. The van der Waals surface area contributed by atoms with E-state index in [9.17, 15) is 9.59 Å². The van der Waals surface area contributed by atoms with Gasteiger partial charge in [-0.15, -0.1) is 0 Å². The fourth-order valence-corrected chi connectivity index (χ4v) is 4.23. The molecule has 2 aromatic carbocycles. The minimum absolute atomic E-state index is 0.220. The van der Waals surface area contributed by atoms with Crippen LogP contribution in [0.25, 0.3) is 33.0 Å². The molecular formula is C25H25N3O4. The van der Waals surface area contributed by atoms with Crippen molar-refractivity contribution in [2.75, 3.05) is 13.2 Å². The zero-order valence-corrected chi connectivity index (χ0v) is 18.6. The molecule has 7 heteroatoms. The summed E-state index contributed by atoms with van der Waals surface area (Å²) in [5, 5.41) is 1.31. The summed E-state index contributed by atoms with van der Waals surface area (Å²) in [5.41, 5.74) is 10.7. The Labute approximate surface area is 185 Å². The summed E-state index contributed by atoms with van der Waals surface area (Å²) in [5.74, 6) is -0.943. The number of ether oxygens (including phenoxy) is 2. The van der Waals surface area contributed by atoms with Gasteiger partial charge in [0.15, 0.2) is 0 Å². The number of hydrogen-bond donors (Lipinski definition) is 1. The quantitative estimate of drug-likeness (QED) is 0.372. The molecule has 0 bridgehead atoms. The Morgan fingerprint density at radius 3 is 2.50 bits per heavy atom. The maximum absolute atomic E-state index is 13.1. The molecule has 0 fully saturated rings.